The molecule has 0 unspecified atom stereocenters. The van der Waals surface area contributed by atoms with Gasteiger partial charge in [-0.3, -0.25) is 4.98 Å². The number of amidine groups is 1. The topological polar surface area (TPSA) is 71.5 Å². The Hall–Kier alpha value is -2.01. The first-order chi connectivity index (χ1) is 9.22. The third-order valence-corrected chi connectivity index (χ3v) is 3.86. The SMILES string of the molecule is Cc1ccccc1CSc1cccnc1/C(N)=N/O. The molecular formula is C14H15N3OS. The number of benzene rings is 1. The van der Waals surface area contributed by atoms with Crippen LogP contribution < -0.4 is 5.73 Å². The third kappa shape index (κ3) is 3.26. The van der Waals surface area contributed by atoms with Gasteiger partial charge >= 0.3 is 0 Å². The lowest BCUT2D eigenvalue weighted by molar-refractivity contribution is 0.318. The molecule has 98 valence electrons. The quantitative estimate of drug-likeness (QED) is 0.295. The fourth-order valence-corrected chi connectivity index (χ4v) is 2.78. The fraction of sp³-hybridized carbons (Fsp3) is 0.143. The van der Waals surface area contributed by atoms with Gasteiger partial charge in [-0.25, -0.2) is 0 Å². The molecule has 0 bridgehead atoms. The second-order valence-electron chi connectivity index (χ2n) is 4.05. The van der Waals surface area contributed by atoms with Gasteiger partial charge < -0.3 is 10.9 Å². The molecule has 1 aromatic heterocycles. The van der Waals surface area contributed by atoms with E-state index in [0.29, 0.717) is 5.69 Å². The summed E-state index contributed by atoms with van der Waals surface area (Å²) < 4.78 is 0. The zero-order valence-electron chi connectivity index (χ0n) is 10.6. The Bertz CT molecular complexity index is 599. The van der Waals surface area contributed by atoms with Crippen LogP contribution in [0.5, 0.6) is 0 Å². The molecule has 0 atom stereocenters. The predicted octanol–water partition coefficient (Wildman–Crippen LogP) is 2.78. The Morgan fingerprint density at radius 1 is 1.32 bits per heavy atom. The highest BCUT2D eigenvalue weighted by molar-refractivity contribution is 7.98. The molecule has 0 spiro atoms. The molecule has 2 aromatic rings. The summed E-state index contributed by atoms with van der Waals surface area (Å²) in [5, 5.41) is 11.8. The van der Waals surface area contributed by atoms with Crippen LogP contribution in [0.1, 0.15) is 16.8 Å². The van der Waals surface area contributed by atoms with Crippen molar-refractivity contribution in [2.75, 3.05) is 0 Å². The van der Waals surface area contributed by atoms with E-state index in [9.17, 15) is 0 Å². The molecule has 5 heteroatoms. The van der Waals surface area contributed by atoms with Gasteiger partial charge in [0.25, 0.3) is 0 Å². The van der Waals surface area contributed by atoms with Crippen molar-refractivity contribution in [3.05, 3.63) is 59.4 Å². The van der Waals surface area contributed by atoms with Crippen molar-refractivity contribution < 1.29 is 5.21 Å². The molecule has 0 aliphatic rings. The predicted molar refractivity (Wildman–Crippen MR) is 77.5 cm³/mol. The summed E-state index contributed by atoms with van der Waals surface area (Å²) in [5.41, 5.74) is 8.65. The van der Waals surface area contributed by atoms with Gasteiger partial charge in [-0.15, -0.1) is 11.8 Å². The Labute approximate surface area is 116 Å². The molecular weight excluding hydrogens is 258 g/mol. The largest absolute Gasteiger partial charge is 0.409 e. The average Bonchev–Trinajstić information content (AvgIpc) is 2.46. The van der Waals surface area contributed by atoms with Crippen LogP contribution in [0.4, 0.5) is 0 Å². The summed E-state index contributed by atoms with van der Waals surface area (Å²) in [4.78, 5) is 5.05. The molecule has 2 rings (SSSR count). The highest BCUT2D eigenvalue weighted by Gasteiger charge is 2.09. The normalized spacial score (nSPS) is 11.5. The lowest BCUT2D eigenvalue weighted by Gasteiger charge is -2.08. The van der Waals surface area contributed by atoms with Crippen molar-refractivity contribution in [3.8, 4) is 0 Å². The summed E-state index contributed by atoms with van der Waals surface area (Å²) in [6.45, 7) is 2.09. The van der Waals surface area contributed by atoms with E-state index in [-0.39, 0.29) is 5.84 Å². The van der Waals surface area contributed by atoms with Crippen molar-refractivity contribution in [2.24, 2.45) is 10.9 Å². The molecule has 0 aliphatic carbocycles. The van der Waals surface area contributed by atoms with E-state index in [2.05, 4.69) is 29.2 Å². The Morgan fingerprint density at radius 2 is 2.11 bits per heavy atom. The number of hydrogen-bond acceptors (Lipinski definition) is 4. The van der Waals surface area contributed by atoms with Crippen molar-refractivity contribution >= 4 is 17.6 Å². The van der Waals surface area contributed by atoms with Crippen LogP contribution in [0.3, 0.4) is 0 Å². The molecule has 19 heavy (non-hydrogen) atoms. The second-order valence-corrected chi connectivity index (χ2v) is 5.07. The summed E-state index contributed by atoms with van der Waals surface area (Å²) in [7, 11) is 0. The number of aryl methyl sites for hydroxylation is 1. The maximum absolute atomic E-state index is 8.76. The van der Waals surface area contributed by atoms with E-state index in [1.807, 2.05) is 24.3 Å². The van der Waals surface area contributed by atoms with Gasteiger partial charge in [-0.05, 0) is 30.2 Å². The van der Waals surface area contributed by atoms with Gasteiger partial charge in [0, 0.05) is 16.8 Å². The second kappa shape index (κ2) is 6.24. The van der Waals surface area contributed by atoms with Crippen LogP contribution in [0, 0.1) is 6.92 Å². The van der Waals surface area contributed by atoms with Gasteiger partial charge in [-0.2, -0.15) is 0 Å². The zero-order valence-corrected chi connectivity index (χ0v) is 11.4. The smallest absolute Gasteiger partial charge is 0.189 e. The number of thioether (sulfide) groups is 1. The number of oxime groups is 1. The van der Waals surface area contributed by atoms with E-state index in [0.717, 1.165) is 10.6 Å². The Balaban J connectivity index is 2.19. The molecule has 1 aromatic carbocycles. The Kier molecular flexibility index (Phi) is 4.41. The lowest BCUT2D eigenvalue weighted by atomic mass is 10.1. The Morgan fingerprint density at radius 3 is 2.84 bits per heavy atom. The van der Waals surface area contributed by atoms with E-state index < -0.39 is 0 Å². The number of nitrogens with two attached hydrogens (primary N) is 1. The maximum Gasteiger partial charge on any atom is 0.189 e. The van der Waals surface area contributed by atoms with Crippen molar-refractivity contribution in [1.82, 2.24) is 4.98 Å². The molecule has 0 aliphatic heterocycles. The fourth-order valence-electron chi connectivity index (χ4n) is 1.67. The first-order valence-electron chi connectivity index (χ1n) is 5.82. The number of nitrogens with zero attached hydrogens (tertiary/aromatic N) is 2. The molecule has 0 amide bonds. The van der Waals surface area contributed by atoms with E-state index >= 15 is 0 Å². The van der Waals surface area contributed by atoms with Crippen molar-refractivity contribution in [3.63, 3.8) is 0 Å². The molecule has 0 fully saturated rings. The van der Waals surface area contributed by atoms with E-state index in [1.54, 1.807) is 18.0 Å². The third-order valence-electron chi connectivity index (χ3n) is 2.77. The highest BCUT2D eigenvalue weighted by Crippen LogP contribution is 2.26. The minimum atomic E-state index is 0.0351. The highest BCUT2D eigenvalue weighted by atomic mass is 32.2. The number of hydrogen-bond donors (Lipinski definition) is 2. The first-order valence-corrected chi connectivity index (χ1v) is 6.81. The van der Waals surface area contributed by atoms with Gasteiger partial charge in [0.05, 0.1) is 0 Å². The molecule has 0 saturated heterocycles. The van der Waals surface area contributed by atoms with Crippen LogP contribution in [0.15, 0.2) is 52.6 Å². The van der Waals surface area contributed by atoms with Crippen LogP contribution in [-0.2, 0) is 5.75 Å². The number of aromatic nitrogens is 1. The average molecular weight is 273 g/mol. The van der Waals surface area contributed by atoms with Crippen molar-refractivity contribution in [2.45, 2.75) is 17.6 Å². The van der Waals surface area contributed by atoms with Gasteiger partial charge in [-0.1, -0.05) is 29.4 Å². The molecule has 0 saturated carbocycles. The molecule has 1 heterocycles. The van der Waals surface area contributed by atoms with Crippen LogP contribution in [0.2, 0.25) is 0 Å². The number of rotatable bonds is 4. The monoisotopic (exact) mass is 273 g/mol. The molecule has 3 N–H and O–H groups in total. The van der Waals surface area contributed by atoms with Gasteiger partial charge in [0.1, 0.15) is 5.69 Å². The standard InChI is InChI=1S/C14H15N3OS/c1-10-5-2-3-6-11(10)9-19-12-7-4-8-16-13(12)14(15)17-18/h2-8,18H,9H2,1H3,(H2,15,17). The molecule has 0 radical (unpaired) electrons. The van der Waals surface area contributed by atoms with E-state index in [4.69, 9.17) is 10.9 Å². The molecule has 4 nitrogen and oxygen atoms in total. The van der Waals surface area contributed by atoms with Crippen LogP contribution >= 0.6 is 11.8 Å². The first kappa shape index (κ1) is 13.4. The van der Waals surface area contributed by atoms with Crippen LogP contribution in [0.25, 0.3) is 0 Å². The number of pyridine rings is 1. The van der Waals surface area contributed by atoms with Crippen LogP contribution in [-0.4, -0.2) is 16.0 Å². The summed E-state index contributed by atoms with van der Waals surface area (Å²) in [6, 6.07) is 12.0. The summed E-state index contributed by atoms with van der Waals surface area (Å²) in [6.07, 6.45) is 1.63. The van der Waals surface area contributed by atoms with E-state index in [1.165, 1.54) is 11.1 Å². The maximum atomic E-state index is 8.76. The summed E-state index contributed by atoms with van der Waals surface area (Å²) >= 11 is 1.62. The van der Waals surface area contributed by atoms with Gasteiger partial charge in [0.2, 0.25) is 0 Å². The van der Waals surface area contributed by atoms with Gasteiger partial charge in [0.15, 0.2) is 5.84 Å². The zero-order chi connectivity index (χ0) is 13.7. The summed E-state index contributed by atoms with van der Waals surface area (Å²) in [5.74, 6) is 0.859. The minimum Gasteiger partial charge on any atom is -0.409 e. The minimum absolute atomic E-state index is 0.0351. The lowest BCUT2D eigenvalue weighted by Crippen LogP contribution is -2.16. The van der Waals surface area contributed by atoms with Crippen molar-refractivity contribution in [1.29, 1.82) is 0 Å².